The summed E-state index contributed by atoms with van der Waals surface area (Å²) in [5.74, 6) is -0.264. The lowest BCUT2D eigenvalue weighted by molar-refractivity contribution is -0.128. The van der Waals surface area contributed by atoms with E-state index in [-0.39, 0.29) is 48.7 Å². The molecule has 4 nitrogen and oxygen atoms in total. The highest BCUT2D eigenvalue weighted by atomic mass is 16.2. The molecule has 0 heterocycles. The van der Waals surface area contributed by atoms with Crippen molar-refractivity contribution in [1.82, 2.24) is 5.32 Å². The fraction of sp³-hybridized carbons (Fsp3) is 0.750. The first-order valence-corrected chi connectivity index (χ1v) is 5.66. The molecule has 0 radical (unpaired) electrons. The maximum absolute atomic E-state index is 11.3. The molecule has 0 aromatic rings. The fourth-order valence-electron chi connectivity index (χ4n) is 1.00. The highest BCUT2D eigenvalue weighted by Crippen LogP contribution is 2.01. The number of carbonyl (C=O) groups excluding carboxylic acids is 3. The van der Waals surface area contributed by atoms with Crippen molar-refractivity contribution in [3.8, 4) is 0 Å². The van der Waals surface area contributed by atoms with Crippen LogP contribution in [-0.2, 0) is 14.4 Å². The van der Waals surface area contributed by atoms with Crippen LogP contribution in [0.5, 0.6) is 0 Å². The molecule has 0 spiro atoms. The lowest BCUT2D eigenvalue weighted by Gasteiger charge is -2.07. The summed E-state index contributed by atoms with van der Waals surface area (Å²) >= 11 is 0. The van der Waals surface area contributed by atoms with Gasteiger partial charge in [-0.15, -0.1) is 0 Å². The first-order chi connectivity index (χ1) is 7.34. The average Bonchev–Trinajstić information content (AvgIpc) is 2.21. The molecule has 0 bridgehead atoms. The molecule has 0 aromatic heterocycles. The van der Waals surface area contributed by atoms with E-state index in [4.69, 9.17) is 0 Å². The lowest BCUT2D eigenvalue weighted by atomic mass is 10.0. The van der Waals surface area contributed by atoms with Gasteiger partial charge in [-0.25, -0.2) is 0 Å². The molecule has 92 valence electrons. The summed E-state index contributed by atoms with van der Waals surface area (Å²) < 4.78 is 0. The second kappa shape index (κ2) is 7.14. The molecule has 1 amide bonds. The Hall–Kier alpha value is -1.19. The van der Waals surface area contributed by atoms with E-state index in [1.54, 1.807) is 13.8 Å². The number of rotatable bonds is 7. The summed E-state index contributed by atoms with van der Waals surface area (Å²) in [6, 6.07) is 0. The Bertz CT molecular complexity index is 243. The monoisotopic (exact) mass is 227 g/mol. The highest BCUT2D eigenvalue weighted by molar-refractivity contribution is 5.89. The van der Waals surface area contributed by atoms with E-state index in [1.807, 2.05) is 13.8 Å². The van der Waals surface area contributed by atoms with Crippen molar-refractivity contribution in [2.45, 2.75) is 40.5 Å². The van der Waals surface area contributed by atoms with Gasteiger partial charge in [-0.1, -0.05) is 27.7 Å². The molecule has 0 aromatic carbocycles. The Labute approximate surface area is 96.8 Å². The van der Waals surface area contributed by atoms with Gasteiger partial charge in [0.15, 0.2) is 5.78 Å². The zero-order valence-corrected chi connectivity index (χ0v) is 10.5. The second-order valence-corrected chi connectivity index (χ2v) is 4.52. The quantitative estimate of drug-likeness (QED) is 0.713. The molecule has 0 aliphatic heterocycles. The minimum atomic E-state index is -0.233. The van der Waals surface area contributed by atoms with E-state index < -0.39 is 0 Å². The predicted molar refractivity (Wildman–Crippen MR) is 61.9 cm³/mol. The minimum Gasteiger partial charge on any atom is -0.349 e. The third-order valence-corrected chi connectivity index (χ3v) is 2.35. The Balaban J connectivity index is 3.76. The van der Waals surface area contributed by atoms with Crippen molar-refractivity contribution in [2.75, 3.05) is 6.54 Å². The molecular weight excluding hydrogens is 206 g/mol. The van der Waals surface area contributed by atoms with E-state index in [2.05, 4.69) is 5.32 Å². The van der Waals surface area contributed by atoms with Crippen molar-refractivity contribution in [3.63, 3.8) is 0 Å². The van der Waals surface area contributed by atoms with Crippen LogP contribution in [0, 0.1) is 11.8 Å². The van der Waals surface area contributed by atoms with Gasteiger partial charge in [-0.2, -0.15) is 0 Å². The summed E-state index contributed by atoms with van der Waals surface area (Å²) in [5, 5.41) is 2.52. The van der Waals surface area contributed by atoms with Gasteiger partial charge in [0.2, 0.25) is 5.91 Å². The number of carbonyl (C=O) groups is 3. The van der Waals surface area contributed by atoms with Gasteiger partial charge in [-0.3, -0.25) is 14.4 Å². The SMILES string of the molecule is CC(C)C(=O)CCC(=O)NCC(=O)C(C)C. The van der Waals surface area contributed by atoms with Gasteiger partial charge in [0.1, 0.15) is 5.78 Å². The van der Waals surface area contributed by atoms with E-state index in [0.717, 1.165) is 0 Å². The molecule has 16 heavy (non-hydrogen) atoms. The summed E-state index contributed by atoms with van der Waals surface area (Å²) in [7, 11) is 0. The molecule has 0 aliphatic rings. The van der Waals surface area contributed by atoms with Gasteiger partial charge in [0.05, 0.1) is 6.54 Å². The summed E-state index contributed by atoms with van der Waals surface area (Å²) in [4.78, 5) is 33.7. The van der Waals surface area contributed by atoms with Crippen LogP contribution in [0.4, 0.5) is 0 Å². The molecule has 1 N–H and O–H groups in total. The zero-order valence-electron chi connectivity index (χ0n) is 10.5. The third kappa shape index (κ3) is 6.32. The molecule has 0 aliphatic carbocycles. The first kappa shape index (κ1) is 14.8. The van der Waals surface area contributed by atoms with Gasteiger partial charge >= 0.3 is 0 Å². The topological polar surface area (TPSA) is 63.2 Å². The molecule has 0 unspecified atom stereocenters. The molecule has 0 saturated heterocycles. The number of nitrogens with one attached hydrogen (secondary N) is 1. The van der Waals surface area contributed by atoms with Crippen LogP contribution < -0.4 is 5.32 Å². The van der Waals surface area contributed by atoms with Crippen LogP contribution in [0.1, 0.15) is 40.5 Å². The van der Waals surface area contributed by atoms with Crippen molar-refractivity contribution < 1.29 is 14.4 Å². The zero-order chi connectivity index (χ0) is 12.7. The van der Waals surface area contributed by atoms with E-state index in [1.165, 1.54) is 0 Å². The predicted octanol–water partition coefficient (Wildman–Crippen LogP) is 1.33. The maximum atomic E-state index is 11.3. The van der Waals surface area contributed by atoms with Crippen molar-refractivity contribution >= 4 is 17.5 Å². The van der Waals surface area contributed by atoms with Gasteiger partial charge in [-0.05, 0) is 0 Å². The van der Waals surface area contributed by atoms with E-state index in [0.29, 0.717) is 0 Å². The lowest BCUT2D eigenvalue weighted by Crippen LogP contribution is -2.31. The average molecular weight is 227 g/mol. The molecule has 0 saturated carbocycles. The summed E-state index contributed by atoms with van der Waals surface area (Å²) in [6.45, 7) is 7.25. The van der Waals surface area contributed by atoms with Crippen LogP contribution >= 0.6 is 0 Å². The number of hydrogen-bond acceptors (Lipinski definition) is 3. The smallest absolute Gasteiger partial charge is 0.220 e. The Morgan fingerprint density at radius 1 is 0.875 bits per heavy atom. The van der Waals surface area contributed by atoms with Crippen molar-refractivity contribution in [2.24, 2.45) is 11.8 Å². The normalized spacial score (nSPS) is 10.6. The van der Waals surface area contributed by atoms with Crippen LogP contribution in [0.15, 0.2) is 0 Å². The summed E-state index contributed by atoms with van der Waals surface area (Å²) in [6.07, 6.45) is 0.418. The number of Topliss-reactive ketones (excluding diaryl/α,β-unsaturated/α-hetero) is 2. The largest absolute Gasteiger partial charge is 0.349 e. The molecule has 0 rings (SSSR count). The van der Waals surface area contributed by atoms with Crippen LogP contribution in [0.25, 0.3) is 0 Å². The number of amides is 1. The van der Waals surface area contributed by atoms with Gasteiger partial charge in [0, 0.05) is 24.7 Å². The highest BCUT2D eigenvalue weighted by Gasteiger charge is 2.12. The Kier molecular flexibility index (Phi) is 6.61. The maximum Gasteiger partial charge on any atom is 0.220 e. The van der Waals surface area contributed by atoms with E-state index in [9.17, 15) is 14.4 Å². The van der Waals surface area contributed by atoms with Gasteiger partial charge in [0.25, 0.3) is 0 Å². The second-order valence-electron chi connectivity index (χ2n) is 4.52. The Morgan fingerprint density at radius 2 is 1.38 bits per heavy atom. The van der Waals surface area contributed by atoms with Gasteiger partial charge < -0.3 is 5.32 Å². The van der Waals surface area contributed by atoms with Crippen LogP contribution in [0.2, 0.25) is 0 Å². The number of ketones is 2. The first-order valence-electron chi connectivity index (χ1n) is 5.66. The van der Waals surface area contributed by atoms with Crippen molar-refractivity contribution in [3.05, 3.63) is 0 Å². The molecule has 0 fully saturated rings. The molecule has 4 heteroatoms. The Morgan fingerprint density at radius 3 is 1.81 bits per heavy atom. The summed E-state index contributed by atoms with van der Waals surface area (Å²) in [5.41, 5.74) is 0. The third-order valence-electron chi connectivity index (χ3n) is 2.35. The molecule has 0 atom stereocenters. The van der Waals surface area contributed by atoms with E-state index >= 15 is 0 Å². The molecular formula is C12H21NO3. The fourth-order valence-corrected chi connectivity index (χ4v) is 1.00. The standard InChI is InChI=1S/C12H21NO3/c1-8(2)10(14)5-6-12(16)13-7-11(15)9(3)4/h8-9H,5-7H2,1-4H3,(H,13,16). The van der Waals surface area contributed by atoms with Crippen molar-refractivity contribution in [1.29, 1.82) is 0 Å². The minimum absolute atomic E-state index is 0.00327. The van der Waals surface area contributed by atoms with Crippen LogP contribution in [-0.4, -0.2) is 24.0 Å². The van der Waals surface area contributed by atoms with Crippen LogP contribution in [0.3, 0.4) is 0 Å². The number of hydrogen-bond donors (Lipinski definition) is 1.